The van der Waals surface area contributed by atoms with Gasteiger partial charge < -0.3 is 5.32 Å². The highest BCUT2D eigenvalue weighted by Crippen LogP contribution is 2.11. The number of tetrazole rings is 1. The predicted molar refractivity (Wildman–Crippen MR) is 81.4 cm³/mol. The summed E-state index contributed by atoms with van der Waals surface area (Å²) in [6, 6.07) is 10.5. The molecule has 0 radical (unpaired) electrons. The van der Waals surface area contributed by atoms with Crippen molar-refractivity contribution < 1.29 is 13.6 Å². The van der Waals surface area contributed by atoms with Crippen LogP contribution in [0.1, 0.15) is 21.7 Å². The zero-order valence-electron chi connectivity index (χ0n) is 12.7. The van der Waals surface area contributed by atoms with E-state index in [4.69, 9.17) is 0 Å². The van der Waals surface area contributed by atoms with Crippen LogP contribution in [0.4, 0.5) is 8.78 Å². The highest BCUT2D eigenvalue weighted by Gasteiger charge is 2.12. The van der Waals surface area contributed by atoms with Crippen LogP contribution in [0, 0.1) is 18.6 Å². The van der Waals surface area contributed by atoms with E-state index in [0.29, 0.717) is 5.82 Å². The van der Waals surface area contributed by atoms with Crippen molar-refractivity contribution in [2.75, 3.05) is 0 Å². The Morgan fingerprint density at radius 3 is 2.58 bits per heavy atom. The van der Waals surface area contributed by atoms with E-state index in [1.807, 2.05) is 31.2 Å². The maximum atomic E-state index is 13.2. The first kappa shape index (κ1) is 15.7. The number of aromatic nitrogens is 4. The van der Waals surface area contributed by atoms with Crippen molar-refractivity contribution in [1.82, 2.24) is 25.5 Å². The van der Waals surface area contributed by atoms with Crippen LogP contribution in [0.3, 0.4) is 0 Å². The van der Waals surface area contributed by atoms with Crippen LogP contribution in [0.25, 0.3) is 5.69 Å². The van der Waals surface area contributed by atoms with Crippen molar-refractivity contribution >= 4 is 5.91 Å². The summed E-state index contributed by atoms with van der Waals surface area (Å²) in [7, 11) is 0. The lowest BCUT2D eigenvalue weighted by molar-refractivity contribution is 0.0949. The molecule has 0 saturated carbocycles. The molecule has 0 atom stereocenters. The third-order valence-corrected chi connectivity index (χ3v) is 3.40. The Morgan fingerprint density at radius 1 is 1.12 bits per heavy atom. The first-order chi connectivity index (χ1) is 11.5. The van der Waals surface area contributed by atoms with Crippen LogP contribution < -0.4 is 5.32 Å². The maximum Gasteiger partial charge on any atom is 0.251 e. The van der Waals surface area contributed by atoms with Gasteiger partial charge in [-0.2, -0.15) is 4.68 Å². The first-order valence-corrected chi connectivity index (χ1v) is 7.12. The van der Waals surface area contributed by atoms with Gasteiger partial charge in [0, 0.05) is 5.56 Å². The molecule has 0 saturated heterocycles. The summed E-state index contributed by atoms with van der Waals surface area (Å²) in [5.74, 6) is -2.22. The lowest BCUT2D eigenvalue weighted by Crippen LogP contribution is -2.25. The fourth-order valence-electron chi connectivity index (χ4n) is 2.10. The Kier molecular flexibility index (Phi) is 4.28. The third kappa shape index (κ3) is 3.27. The molecule has 6 nitrogen and oxygen atoms in total. The average Bonchev–Trinajstić information content (AvgIpc) is 3.04. The number of aryl methyl sites for hydroxylation is 1. The van der Waals surface area contributed by atoms with Crippen molar-refractivity contribution in [1.29, 1.82) is 0 Å². The summed E-state index contributed by atoms with van der Waals surface area (Å²) in [4.78, 5) is 12.0. The molecule has 0 spiro atoms. The topological polar surface area (TPSA) is 72.7 Å². The summed E-state index contributed by atoms with van der Waals surface area (Å²) in [6.07, 6.45) is 0. The molecule has 24 heavy (non-hydrogen) atoms. The molecule has 122 valence electrons. The normalized spacial score (nSPS) is 10.6. The largest absolute Gasteiger partial charge is 0.345 e. The Bertz CT molecular complexity index is 876. The van der Waals surface area contributed by atoms with Gasteiger partial charge in [-0.05, 0) is 47.7 Å². The van der Waals surface area contributed by atoms with Gasteiger partial charge in [0.05, 0.1) is 12.2 Å². The van der Waals surface area contributed by atoms with Gasteiger partial charge in [-0.3, -0.25) is 4.79 Å². The molecule has 2 aromatic carbocycles. The van der Waals surface area contributed by atoms with E-state index in [-0.39, 0.29) is 12.1 Å². The van der Waals surface area contributed by atoms with E-state index >= 15 is 0 Å². The molecular formula is C16H13F2N5O. The van der Waals surface area contributed by atoms with Crippen molar-refractivity contribution in [2.24, 2.45) is 0 Å². The summed E-state index contributed by atoms with van der Waals surface area (Å²) < 4.78 is 27.6. The maximum absolute atomic E-state index is 13.2. The fraction of sp³-hybridized carbons (Fsp3) is 0.125. The van der Waals surface area contributed by atoms with Crippen LogP contribution in [0.5, 0.6) is 0 Å². The van der Waals surface area contributed by atoms with Crippen molar-refractivity contribution in [3.05, 3.63) is 71.1 Å². The Hall–Kier alpha value is -3.16. The molecule has 8 heteroatoms. The van der Waals surface area contributed by atoms with Crippen LogP contribution in [-0.4, -0.2) is 26.1 Å². The van der Waals surface area contributed by atoms with Crippen molar-refractivity contribution in [2.45, 2.75) is 13.5 Å². The summed E-state index contributed by atoms with van der Waals surface area (Å²) in [6.45, 7) is 2.00. The van der Waals surface area contributed by atoms with Crippen molar-refractivity contribution in [3.8, 4) is 5.69 Å². The Morgan fingerprint density at radius 2 is 1.88 bits per heavy atom. The molecule has 0 aliphatic carbocycles. The zero-order valence-corrected chi connectivity index (χ0v) is 12.7. The second-order valence-electron chi connectivity index (χ2n) is 5.15. The Balaban J connectivity index is 1.73. The van der Waals surface area contributed by atoms with Gasteiger partial charge in [0.1, 0.15) is 0 Å². The van der Waals surface area contributed by atoms with E-state index < -0.39 is 17.5 Å². The fourth-order valence-corrected chi connectivity index (χ4v) is 2.10. The van der Waals surface area contributed by atoms with Gasteiger partial charge in [0.2, 0.25) is 0 Å². The van der Waals surface area contributed by atoms with E-state index in [1.54, 1.807) is 0 Å². The molecule has 1 aromatic heterocycles. The number of benzene rings is 2. The van der Waals surface area contributed by atoms with Crippen LogP contribution in [-0.2, 0) is 6.54 Å². The smallest absolute Gasteiger partial charge is 0.251 e. The van der Waals surface area contributed by atoms with Gasteiger partial charge in [0.15, 0.2) is 17.5 Å². The standard InChI is InChI=1S/C16H13F2N5O/c1-10-2-5-12(6-3-10)23-15(20-21-22-23)9-19-16(24)11-4-7-13(17)14(18)8-11/h2-8H,9H2,1H3,(H,19,24). The lowest BCUT2D eigenvalue weighted by Gasteiger charge is -2.07. The lowest BCUT2D eigenvalue weighted by atomic mass is 10.2. The van der Waals surface area contributed by atoms with Gasteiger partial charge >= 0.3 is 0 Å². The number of halogens is 2. The van der Waals surface area contributed by atoms with Crippen molar-refractivity contribution in [3.63, 3.8) is 0 Å². The number of hydrogen-bond acceptors (Lipinski definition) is 4. The molecular weight excluding hydrogens is 316 g/mol. The molecule has 3 aromatic rings. The summed E-state index contributed by atoms with van der Waals surface area (Å²) in [5.41, 5.74) is 1.87. The molecule has 0 bridgehead atoms. The molecule has 0 aliphatic heterocycles. The van der Waals surface area contributed by atoms with E-state index in [9.17, 15) is 13.6 Å². The number of amides is 1. The van der Waals surface area contributed by atoms with Crippen LogP contribution >= 0.6 is 0 Å². The van der Waals surface area contributed by atoms with Crippen LogP contribution in [0.2, 0.25) is 0 Å². The zero-order chi connectivity index (χ0) is 17.1. The quantitative estimate of drug-likeness (QED) is 0.796. The van der Waals surface area contributed by atoms with Gasteiger partial charge in [-0.25, -0.2) is 8.78 Å². The molecule has 0 aliphatic rings. The summed E-state index contributed by atoms with van der Waals surface area (Å²) >= 11 is 0. The number of rotatable bonds is 4. The molecule has 3 rings (SSSR count). The van der Waals surface area contributed by atoms with Crippen LogP contribution in [0.15, 0.2) is 42.5 Å². The first-order valence-electron chi connectivity index (χ1n) is 7.12. The Labute approximate surface area is 136 Å². The van der Waals surface area contributed by atoms with Gasteiger partial charge in [0.25, 0.3) is 5.91 Å². The number of nitrogens with one attached hydrogen (secondary N) is 1. The minimum Gasteiger partial charge on any atom is -0.345 e. The molecule has 1 amide bonds. The second-order valence-corrected chi connectivity index (χ2v) is 5.15. The van der Waals surface area contributed by atoms with Gasteiger partial charge in [-0.1, -0.05) is 17.7 Å². The van der Waals surface area contributed by atoms with E-state index in [2.05, 4.69) is 20.8 Å². The molecule has 1 heterocycles. The van der Waals surface area contributed by atoms with Gasteiger partial charge in [-0.15, -0.1) is 5.10 Å². The molecule has 0 unspecified atom stereocenters. The highest BCUT2D eigenvalue weighted by molar-refractivity contribution is 5.94. The number of carbonyl (C=O) groups excluding carboxylic acids is 1. The average molecular weight is 329 g/mol. The minimum atomic E-state index is -1.08. The predicted octanol–water partition coefficient (Wildman–Crippen LogP) is 2.18. The van der Waals surface area contributed by atoms with E-state index in [0.717, 1.165) is 23.4 Å². The van der Waals surface area contributed by atoms with E-state index in [1.165, 1.54) is 10.7 Å². The molecule has 0 fully saturated rings. The monoisotopic (exact) mass is 329 g/mol. The number of carbonyl (C=O) groups is 1. The number of hydrogen-bond donors (Lipinski definition) is 1. The highest BCUT2D eigenvalue weighted by atomic mass is 19.2. The molecule has 1 N–H and O–H groups in total. The minimum absolute atomic E-state index is 0.0169. The summed E-state index contributed by atoms with van der Waals surface area (Å²) in [5, 5.41) is 13.9. The third-order valence-electron chi connectivity index (χ3n) is 3.40. The second kappa shape index (κ2) is 6.53. The number of nitrogens with zero attached hydrogens (tertiary/aromatic N) is 4. The SMILES string of the molecule is Cc1ccc(-n2nnnc2CNC(=O)c2ccc(F)c(F)c2)cc1.